The second-order valence-electron chi connectivity index (χ2n) is 11.6. The molecule has 4 rings (SSSR count). The molecule has 172 valence electrons. The predicted molar refractivity (Wildman–Crippen MR) is 125 cm³/mol. The van der Waals surface area contributed by atoms with Gasteiger partial charge in [-0.1, -0.05) is 33.8 Å². The lowest BCUT2D eigenvalue weighted by Crippen LogP contribution is -2.66. The van der Waals surface area contributed by atoms with Gasteiger partial charge in [-0.15, -0.1) is 0 Å². The third kappa shape index (κ3) is 4.11. The molecule has 1 aliphatic carbocycles. The molecule has 2 saturated heterocycles. The van der Waals surface area contributed by atoms with Gasteiger partial charge in [0.1, 0.15) is 5.75 Å². The van der Waals surface area contributed by atoms with E-state index in [1.54, 1.807) is 0 Å². The van der Waals surface area contributed by atoms with Crippen molar-refractivity contribution in [2.75, 3.05) is 40.3 Å². The molecular formula is C26H41N3O2. The molecule has 2 aliphatic heterocycles. The Kier molecular flexibility index (Phi) is 5.89. The maximum absolute atomic E-state index is 12.6. The first-order valence-corrected chi connectivity index (χ1v) is 12.0. The third-order valence-electron chi connectivity index (χ3n) is 8.27. The van der Waals surface area contributed by atoms with Crippen molar-refractivity contribution in [3.63, 3.8) is 0 Å². The molecule has 3 aliphatic rings. The summed E-state index contributed by atoms with van der Waals surface area (Å²) in [4.78, 5) is 19.9. The van der Waals surface area contributed by atoms with Crippen LogP contribution < -0.4 is 0 Å². The van der Waals surface area contributed by atoms with Crippen LogP contribution in [0, 0.1) is 11.3 Å². The molecule has 0 unspecified atom stereocenters. The number of aromatic hydroxyl groups is 1. The summed E-state index contributed by atoms with van der Waals surface area (Å²) in [5, 5.41) is 10.2. The van der Waals surface area contributed by atoms with Gasteiger partial charge in [-0.3, -0.25) is 4.79 Å². The summed E-state index contributed by atoms with van der Waals surface area (Å²) in [6.07, 6.45) is 4.35. The molecule has 3 atom stereocenters. The predicted octanol–water partition coefficient (Wildman–Crippen LogP) is 3.50. The number of likely N-dealkylation sites (N-methyl/N-ethyl adjacent to an activating group) is 2. The number of hydrogen-bond donors (Lipinski definition) is 1. The lowest BCUT2D eigenvalue weighted by atomic mass is 9.61. The molecule has 2 heterocycles. The highest BCUT2D eigenvalue weighted by atomic mass is 16.3. The van der Waals surface area contributed by atoms with Crippen LogP contribution in [0.25, 0.3) is 0 Å². The van der Waals surface area contributed by atoms with Crippen LogP contribution in [0.15, 0.2) is 18.2 Å². The summed E-state index contributed by atoms with van der Waals surface area (Å²) < 4.78 is 0. The van der Waals surface area contributed by atoms with Gasteiger partial charge in [0.25, 0.3) is 0 Å². The van der Waals surface area contributed by atoms with E-state index in [4.69, 9.17) is 0 Å². The first kappa shape index (κ1) is 22.6. The minimum atomic E-state index is -0.290. The summed E-state index contributed by atoms with van der Waals surface area (Å²) in [6.45, 7) is 12.4. The van der Waals surface area contributed by atoms with Crippen LogP contribution in [0.5, 0.6) is 5.75 Å². The molecule has 1 aromatic carbocycles. The van der Waals surface area contributed by atoms with Crippen molar-refractivity contribution in [1.82, 2.24) is 14.7 Å². The summed E-state index contributed by atoms with van der Waals surface area (Å²) in [5.74, 6) is 1.30. The number of nitrogens with zero attached hydrogens (tertiary/aromatic N) is 3. The number of amides is 1. The zero-order valence-electron chi connectivity index (χ0n) is 20.3. The molecule has 0 saturated carbocycles. The molecule has 2 fully saturated rings. The van der Waals surface area contributed by atoms with Crippen LogP contribution in [0.4, 0.5) is 0 Å². The van der Waals surface area contributed by atoms with Crippen LogP contribution in [-0.2, 0) is 16.6 Å². The van der Waals surface area contributed by atoms with Crippen LogP contribution in [-0.4, -0.2) is 78.1 Å². The van der Waals surface area contributed by atoms with Gasteiger partial charge in [-0.25, -0.2) is 0 Å². The maximum Gasteiger partial charge on any atom is 0.227 e. The normalized spacial score (nSPS) is 29.8. The van der Waals surface area contributed by atoms with Gasteiger partial charge in [-0.05, 0) is 75.5 Å². The Balaban J connectivity index is 1.48. The average Bonchev–Trinajstić information content (AvgIpc) is 2.71. The number of phenols is 1. The van der Waals surface area contributed by atoms with Crippen molar-refractivity contribution < 1.29 is 9.90 Å². The first-order chi connectivity index (χ1) is 14.5. The third-order valence-corrected chi connectivity index (χ3v) is 8.27. The van der Waals surface area contributed by atoms with Crippen molar-refractivity contribution in [2.24, 2.45) is 11.3 Å². The zero-order valence-corrected chi connectivity index (χ0v) is 20.3. The minimum absolute atomic E-state index is 0.0567. The Hall–Kier alpha value is -1.59. The van der Waals surface area contributed by atoms with Gasteiger partial charge >= 0.3 is 0 Å². The lowest BCUT2D eigenvalue weighted by Gasteiger charge is -2.58. The van der Waals surface area contributed by atoms with E-state index in [0.29, 0.717) is 23.8 Å². The second kappa shape index (κ2) is 8.08. The van der Waals surface area contributed by atoms with E-state index in [9.17, 15) is 9.90 Å². The van der Waals surface area contributed by atoms with E-state index in [2.05, 4.69) is 41.8 Å². The topological polar surface area (TPSA) is 47.0 Å². The van der Waals surface area contributed by atoms with Gasteiger partial charge < -0.3 is 19.8 Å². The Bertz CT molecular complexity index is 824. The van der Waals surface area contributed by atoms with Crippen molar-refractivity contribution in [3.05, 3.63) is 29.3 Å². The lowest BCUT2D eigenvalue weighted by molar-refractivity contribution is -0.141. The largest absolute Gasteiger partial charge is 0.508 e. The van der Waals surface area contributed by atoms with Crippen LogP contribution in [0.1, 0.15) is 58.1 Å². The highest BCUT2D eigenvalue weighted by Gasteiger charge is 2.51. The second-order valence-corrected chi connectivity index (χ2v) is 11.6. The van der Waals surface area contributed by atoms with E-state index in [1.807, 2.05) is 32.9 Å². The van der Waals surface area contributed by atoms with Gasteiger partial charge in [0.05, 0.1) is 0 Å². The van der Waals surface area contributed by atoms with Gasteiger partial charge in [0.15, 0.2) is 0 Å². The molecule has 31 heavy (non-hydrogen) atoms. The smallest absolute Gasteiger partial charge is 0.227 e. The monoisotopic (exact) mass is 427 g/mol. The molecule has 5 heteroatoms. The van der Waals surface area contributed by atoms with E-state index >= 15 is 0 Å². The molecule has 1 aromatic rings. The summed E-state index contributed by atoms with van der Waals surface area (Å²) in [5.41, 5.74) is 2.51. The van der Waals surface area contributed by atoms with Crippen molar-refractivity contribution in [3.8, 4) is 5.75 Å². The van der Waals surface area contributed by atoms with Gasteiger partial charge in [0, 0.05) is 42.5 Å². The fourth-order valence-electron chi connectivity index (χ4n) is 6.54. The Morgan fingerprint density at radius 1 is 1.23 bits per heavy atom. The molecule has 5 nitrogen and oxygen atoms in total. The Morgan fingerprint density at radius 2 is 1.90 bits per heavy atom. The number of piperidine rings is 2. The van der Waals surface area contributed by atoms with E-state index < -0.39 is 0 Å². The molecular weight excluding hydrogens is 386 g/mol. The number of carbonyl (C=O) groups excluding carboxylic acids is 1. The summed E-state index contributed by atoms with van der Waals surface area (Å²) in [7, 11) is 4.57. The van der Waals surface area contributed by atoms with Crippen molar-refractivity contribution in [2.45, 2.75) is 70.9 Å². The number of carbonyl (C=O) groups is 1. The van der Waals surface area contributed by atoms with E-state index in [0.717, 1.165) is 51.9 Å². The molecule has 0 radical (unpaired) electrons. The van der Waals surface area contributed by atoms with Gasteiger partial charge in [0.2, 0.25) is 5.91 Å². The molecule has 2 bridgehead atoms. The van der Waals surface area contributed by atoms with Crippen molar-refractivity contribution in [1.29, 1.82) is 0 Å². The standard InChI is InChI=1S/C26H41N3O2/c1-25(2,3)24(31)29-12-9-18(10-13-29)17-28(6)23-22-15-19-7-8-20(30)16-21(19)26(23,4)11-14-27(22)5/h7-8,16,18,22-23,30H,9-15,17H2,1-6H3/t22-,23+,26+/m1/s1. The Labute approximate surface area is 188 Å². The SMILES string of the molecule is CN1CC[C@@]2(C)c3cc(O)ccc3C[C@@H]1[C@@H]2N(C)CC1CCN(C(=O)C(C)(C)C)CC1. The van der Waals surface area contributed by atoms with Crippen LogP contribution >= 0.6 is 0 Å². The molecule has 1 N–H and O–H groups in total. The number of rotatable bonds is 3. The maximum atomic E-state index is 12.6. The number of fused-ring (bicyclic) bond motifs is 4. The Morgan fingerprint density at radius 3 is 2.55 bits per heavy atom. The minimum Gasteiger partial charge on any atom is -0.508 e. The van der Waals surface area contributed by atoms with Crippen LogP contribution in [0.2, 0.25) is 0 Å². The fourth-order valence-corrected chi connectivity index (χ4v) is 6.54. The number of hydrogen-bond acceptors (Lipinski definition) is 4. The van der Waals surface area contributed by atoms with Crippen molar-refractivity contribution >= 4 is 5.91 Å². The quantitative estimate of drug-likeness (QED) is 0.802. The summed E-state index contributed by atoms with van der Waals surface area (Å²) >= 11 is 0. The number of likely N-dealkylation sites (tertiary alicyclic amines) is 2. The highest BCUT2D eigenvalue weighted by molar-refractivity contribution is 5.81. The van der Waals surface area contributed by atoms with E-state index in [-0.39, 0.29) is 16.7 Å². The molecule has 0 spiro atoms. The zero-order chi connectivity index (χ0) is 22.6. The highest BCUT2D eigenvalue weighted by Crippen LogP contribution is 2.47. The van der Waals surface area contributed by atoms with Crippen LogP contribution in [0.3, 0.4) is 0 Å². The molecule has 1 amide bonds. The number of phenolic OH excluding ortho intramolecular Hbond substituents is 1. The summed E-state index contributed by atoms with van der Waals surface area (Å²) in [6, 6.07) is 6.94. The van der Waals surface area contributed by atoms with Gasteiger partial charge in [-0.2, -0.15) is 0 Å². The average molecular weight is 428 g/mol. The fraction of sp³-hybridized carbons (Fsp3) is 0.731. The van der Waals surface area contributed by atoms with E-state index in [1.165, 1.54) is 11.1 Å². The number of benzene rings is 1. The first-order valence-electron chi connectivity index (χ1n) is 12.0. The molecule has 0 aromatic heterocycles.